The fourth-order valence-electron chi connectivity index (χ4n) is 1.87. The molecule has 1 aliphatic carbocycles. The smallest absolute Gasteiger partial charge is 0.162 e. The lowest BCUT2D eigenvalue weighted by molar-refractivity contribution is 0.229. The molecule has 1 fully saturated rings. The highest BCUT2D eigenvalue weighted by molar-refractivity contribution is 5.59. The first-order valence-electron chi connectivity index (χ1n) is 5.53. The minimum atomic E-state index is -0.104. The molecule has 2 aromatic rings. The van der Waals surface area contributed by atoms with Crippen molar-refractivity contribution in [2.75, 3.05) is 0 Å². The van der Waals surface area contributed by atoms with Gasteiger partial charge in [0.2, 0.25) is 0 Å². The zero-order valence-electron chi connectivity index (χ0n) is 8.89. The Labute approximate surface area is 93.7 Å². The quantitative estimate of drug-likeness (QED) is 0.856. The summed E-state index contributed by atoms with van der Waals surface area (Å²) in [7, 11) is 0. The molecule has 3 nitrogen and oxygen atoms in total. The summed E-state index contributed by atoms with van der Waals surface area (Å²) in [6, 6.07) is 10.2. The Morgan fingerprint density at radius 2 is 2.00 bits per heavy atom. The Kier molecular flexibility index (Phi) is 2.26. The maximum Gasteiger partial charge on any atom is 0.162 e. The van der Waals surface area contributed by atoms with Gasteiger partial charge >= 0.3 is 0 Å². The summed E-state index contributed by atoms with van der Waals surface area (Å²) in [4.78, 5) is 0. The number of nitrogens with zero attached hydrogens (tertiary/aromatic N) is 1. The van der Waals surface area contributed by atoms with Crippen molar-refractivity contribution in [3.8, 4) is 11.3 Å². The van der Waals surface area contributed by atoms with Gasteiger partial charge in [0.15, 0.2) is 5.76 Å². The summed E-state index contributed by atoms with van der Waals surface area (Å²) >= 11 is 0. The summed E-state index contributed by atoms with van der Waals surface area (Å²) in [5.74, 6) is 1.28. The van der Waals surface area contributed by atoms with Crippen LogP contribution in [-0.2, 0) is 6.61 Å². The SMILES string of the molecule is OCc1cc(-c2ccc(C3CC3)cc2)no1. The molecule has 0 bridgehead atoms. The van der Waals surface area contributed by atoms with E-state index >= 15 is 0 Å². The zero-order valence-corrected chi connectivity index (χ0v) is 8.89. The first-order valence-corrected chi connectivity index (χ1v) is 5.53. The molecule has 0 spiro atoms. The van der Waals surface area contributed by atoms with Crippen LogP contribution >= 0.6 is 0 Å². The van der Waals surface area contributed by atoms with E-state index in [0.717, 1.165) is 17.2 Å². The van der Waals surface area contributed by atoms with E-state index in [2.05, 4.69) is 29.4 Å². The number of aliphatic hydroxyl groups excluding tert-OH is 1. The molecule has 3 rings (SSSR count). The zero-order chi connectivity index (χ0) is 11.0. The van der Waals surface area contributed by atoms with E-state index in [1.807, 2.05) is 0 Å². The van der Waals surface area contributed by atoms with E-state index in [4.69, 9.17) is 9.63 Å². The van der Waals surface area contributed by atoms with Crippen LogP contribution in [0.5, 0.6) is 0 Å². The van der Waals surface area contributed by atoms with Crippen LogP contribution in [0.1, 0.15) is 30.1 Å². The van der Waals surface area contributed by atoms with Crippen LogP contribution in [0.15, 0.2) is 34.9 Å². The highest BCUT2D eigenvalue weighted by Gasteiger charge is 2.23. The van der Waals surface area contributed by atoms with Gasteiger partial charge in [0.1, 0.15) is 12.3 Å². The first kappa shape index (κ1) is 9.60. The second kappa shape index (κ2) is 3.76. The monoisotopic (exact) mass is 215 g/mol. The van der Waals surface area contributed by atoms with Crippen LogP contribution in [-0.4, -0.2) is 10.3 Å². The summed E-state index contributed by atoms with van der Waals surface area (Å²) in [6.45, 7) is -0.104. The van der Waals surface area contributed by atoms with Crippen molar-refractivity contribution in [3.05, 3.63) is 41.7 Å². The minimum Gasteiger partial charge on any atom is -0.388 e. The van der Waals surface area contributed by atoms with Crippen molar-refractivity contribution in [1.29, 1.82) is 0 Å². The Balaban J connectivity index is 1.87. The standard InChI is InChI=1S/C13H13NO2/c15-8-12-7-13(14-16-12)11-5-3-10(4-6-11)9-1-2-9/h3-7,9,15H,1-2,8H2. The minimum absolute atomic E-state index is 0.104. The second-order valence-corrected chi connectivity index (χ2v) is 4.23. The predicted molar refractivity (Wildman–Crippen MR) is 59.8 cm³/mol. The van der Waals surface area contributed by atoms with Crippen LogP contribution in [0.3, 0.4) is 0 Å². The topological polar surface area (TPSA) is 46.3 Å². The number of hydrogen-bond acceptors (Lipinski definition) is 3. The molecular weight excluding hydrogens is 202 g/mol. The molecule has 3 heteroatoms. The van der Waals surface area contributed by atoms with Gasteiger partial charge in [0.05, 0.1) is 0 Å². The van der Waals surface area contributed by atoms with E-state index in [1.165, 1.54) is 18.4 Å². The van der Waals surface area contributed by atoms with Gasteiger partial charge in [-0.1, -0.05) is 29.4 Å². The molecule has 1 N–H and O–H groups in total. The van der Waals surface area contributed by atoms with Crippen molar-refractivity contribution >= 4 is 0 Å². The Hall–Kier alpha value is -1.61. The molecule has 0 saturated heterocycles. The molecule has 1 saturated carbocycles. The Morgan fingerprint density at radius 1 is 1.25 bits per heavy atom. The number of aromatic nitrogens is 1. The van der Waals surface area contributed by atoms with Gasteiger partial charge in [-0.3, -0.25) is 0 Å². The van der Waals surface area contributed by atoms with Crippen LogP contribution in [0, 0.1) is 0 Å². The first-order chi connectivity index (χ1) is 7.86. The molecule has 1 heterocycles. The molecule has 0 radical (unpaired) electrons. The fourth-order valence-corrected chi connectivity index (χ4v) is 1.87. The Bertz CT molecular complexity index is 483. The largest absolute Gasteiger partial charge is 0.388 e. The normalized spacial score (nSPS) is 15.3. The lowest BCUT2D eigenvalue weighted by Crippen LogP contribution is -1.81. The highest BCUT2D eigenvalue weighted by atomic mass is 16.5. The van der Waals surface area contributed by atoms with E-state index in [1.54, 1.807) is 6.07 Å². The fraction of sp³-hybridized carbons (Fsp3) is 0.308. The van der Waals surface area contributed by atoms with Crippen LogP contribution in [0.2, 0.25) is 0 Å². The van der Waals surface area contributed by atoms with Crippen molar-refractivity contribution in [3.63, 3.8) is 0 Å². The molecule has 16 heavy (non-hydrogen) atoms. The van der Waals surface area contributed by atoms with E-state index in [-0.39, 0.29) is 6.61 Å². The van der Waals surface area contributed by atoms with Gasteiger partial charge in [0.25, 0.3) is 0 Å². The van der Waals surface area contributed by atoms with E-state index in [0.29, 0.717) is 5.76 Å². The average molecular weight is 215 g/mol. The van der Waals surface area contributed by atoms with Crippen LogP contribution < -0.4 is 0 Å². The molecule has 1 aliphatic rings. The summed E-state index contributed by atoms with van der Waals surface area (Å²) in [5, 5.41) is 12.8. The number of aliphatic hydroxyl groups is 1. The molecule has 1 aromatic carbocycles. The van der Waals surface area contributed by atoms with Crippen molar-refractivity contribution in [1.82, 2.24) is 5.16 Å². The third-order valence-electron chi connectivity index (χ3n) is 2.97. The summed E-state index contributed by atoms with van der Waals surface area (Å²) in [5.41, 5.74) is 3.23. The van der Waals surface area contributed by atoms with Crippen LogP contribution in [0.25, 0.3) is 11.3 Å². The predicted octanol–water partition coefficient (Wildman–Crippen LogP) is 2.71. The van der Waals surface area contributed by atoms with Gasteiger partial charge in [0, 0.05) is 11.6 Å². The van der Waals surface area contributed by atoms with Crippen molar-refractivity contribution < 1.29 is 9.63 Å². The Morgan fingerprint density at radius 3 is 2.56 bits per heavy atom. The van der Waals surface area contributed by atoms with Crippen molar-refractivity contribution in [2.45, 2.75) is 25.4 Å². The molecule has 0 unspecified atom stereocenters. The number of hydrogen-bond donors (Lipinski definition) is 1. The number of benzene rings is 1. The van der Waals surface area contributed by atoms with Gasteiger partial charge in [-0.05, 0) is 24.3 Å². The lowest BCUT2D eigenvalue weighted by Gasteiger charge is -1.99. The number of rotatable bonds is 3. The molecule has 0 atom stereocenters. The summed E-state index contributed by atoms with van der Waals surface area (Å²) in [6.07, 6.45) is 2.63. The van der Waals surface area contributed by atoms with Gasteiger partial charge in [-0.25, -0.2) is 0 Å². The molecule has 82 valence electrons. The molecule has 0 aliphatic heterocycles. The van der Waals surface area contributed by atoms with Gasteiger partial charge in [-0.2, -0.15) is 0 Å². The molecule has 1 aromatic heterocycles. The van der Waals surface area contributed by atoms with E-state index in [9.17, 15) is 0 Å². The van der Waals surface area contributed by atoms with Crippen LogP contribution in [0.4, 0.5) is 0 Å². The lowest BCUT2D eigenvalue weighted by atomic mass is 10.1. The third-order valence-corrected chi connectivity index (χ3v) is 2.97. The average Bonchev–Trinajstić information content (AvgIpc) is 3.07. The summed E-state index contributed by atoms with van der Waals surface area (Å²) < 4.78 is 4.96. The highest BCUT2D eigenvalue weighted by Crippen LogP contribution is 2.40. The maximum atomic E-state index is 8.89. The molecule has 0 amide bonds. The second-order valence-electron chi connectivity index (χ2n) is 4.23. The van der Waals surface area contributed by atoms with Gasteiger partial charge < -0.3 is 9.63 Å². The third kappa shape index (κ3) is 1.74. The van der Waals surface area contributed by atoms with E-state index < -0.39 is 0 Å². The van der Waals surface area contributed by atoms with Gasteiger partial charge in [-0.15, -0.1) is 0 Å². The van der Waals surface area contributed by atoms with Crippen molar-refractivity contribution in [2.24, 2.45) is 0 Å². The maximum absolute atomic E-state index is 8.89. The molecular formula is C13H13NO2.